The van der Waals surface area contributed by atoms with E-state index in [2.05, 4.69) is 39.3 Å². The van der Waals surface area contributed by atoms with Crippen molar-refractivity contribution in [3.63, 3.8) is 0 Å². The molecule has 2 aliphatic rings. The van der Waals surface area contributed by atoms with Gasteiger partial charge in [0.1, 0.15) is 5.34 Å². The van der Waals surface area contributed by atoms with Crippen LogP contribution in [0.25, 0.3) is 0 Å². The Kier molecular flexibility index (Phi) is 3.24. The molecule has 0 aromatic heterocycles. The third-order valence-electron chi connectivity index (χ3n) is 3.90. The summed E-state index contributed by atoms with van der Waals surface area (Å²) in [5.74, 6) is 0. The lowest BCUT2D eigenvalue weighted by molar-refractivity contribution is 0.325. The first-order valence-electron chi connectivity index (χ1n) is 6.65. The van der Waals surface area contributed by atoms with E-state index in [-0.39, 0.29) is 8.15 Å². The van der Waals surface area contributed by atoms with Crippen LogP contribution in [0.5, 0.6) is 0 Å². The maximum Gasteiger partial charge on any atom is 0.116 e. The average molecular weight is 274 g/mol. The van der Waals surface area contributed by atoms with Gasteiger partial charge in [-0.15, -0.1) is 0 Å². The predicted octanol–water partition coefficient (Wildman–Crippen LogP) is 4.81. The van der Waals surface area contributed by atoms with E-state index >= 15 is 0 Å². The van der Waals surface area contributed by atoms with Crippen molar-refractivity contribution in [2.75, 3.05) is 0 Å². The lowest BCUT2D eigenvalue weighted by Crippen LogP contribution is -2.51. The summed E-state index contributed by atoms with van der Waals surface area (Å²) in [6.07, 6.45) is 5.60. The molecule has 1 heterocycles. The van der Waals surface area contributed by atoms with E-state index in [9.17, 15) is 0 Å². The summed E-state index contributed by atoms with van der Waals surface area (Å²) < 4.78 is 6.31. The molecule has 1 aliphatic carbocycles. The summed E-state index contributed by atoms with van der Waals surface area (Å²) in [5, 5.41) is 0.431. The molecule has 0 aromatic carbocycles. The maximum absolute atomic E-state index is 6.31. The lowest BCUT2D eigenvalue weighted by Gasteiger charge is -2.37. The van der Waals surface area contributed by atoms with Gasteiger partial charge in [-0.1, -0.05) is 39.3 Å². The van der Waals surface area contributed by atoms with E-state index in [1.807, 2.05) is 0 Å². The van der Waals surface area contributed by atoms with Gasteiger partial charge < -0.3 is 4.52 Å². The summed E-state index contributed by atoms with van der Waals surface area (Å²) in [7, 11) is -2.15. The molecule has 0 radical (unpaired) electrons. The average Bonchev–Trinajstić information content (AvgIpc) is 2.54. The molecule has 0 bridgehead atoms. The molecule has 16 heavy (non-hydrogen) atoms. The second kappa shape index (κ2) is 3.91. The van der Waals surface area contributed by atoms with Gasteiger partial charge in [0.15, 0.2) is 0 Å². The van der Waals surface area contributed by atoms with Crippen LogP contribution in [0.2, 0.25) is 39.3 Å². The van der Waals surface area contributed by atoms with Gasteiger partial charge in [0.25, 0.3) is 0 Å². The lowest BCUT2D eigenvalue weighted by atomic mass is 10.3. The number of hydrogen-bond donors (Lipinski definition) is 0. The van der Waals surface area contributed by atoms with Crippen LogP contribution < -0.4 is 0 Å². The minimum atomic E-state index is -1.05. The molecule has 0 amide bonds. The van der Waals surface area contributed by atoms with Crippen LogP contribution in [-0.4, -0.2) is 26.4 Å². The quantitative estimate of drug-likeness (QED) is 0.409. The van der Waals surface area contributed by atoms with E-state index < -0.39 is 16.1 Å². The highest BCUT2D eigenvalue weighted by Crippen LogP contribution is 2.80. The van der Waals surface area contributed by atoms with E-state index in [1.165, 1.54) is 25.7 Å². The fourth-order valence-electron chi connectivity index (χ4n) is 3.69. The highest BCUT2D eigenvalue weighted by atomic mass is 31.2. The fraction of sp³-hybridized carbons (Fsp3) is 1.00. The van der Waals surface area contributed by atoms with Crippen LogP contribution in [0.1, 0.15) is 25.7 Å². The molecule has 1 aliphatic heterocycles. The molecule has 94 valence electrons. The van der Waals surface area contributed by atoms with Crippen molar-refractivity contribution < 1.29 is 4.52 Å². The fourth-order valence-corrected chi connectivity index (χ4v) is 23.4. The van der Waals surface area contributed by atoms with Gasteiger partial charge >= 0.3 is 0 Å². The zero-order valence-corrected chi connectivity index (χ0v) is 14.7. The molecular weight excluding hydrogens is 247 g/mol. The molecule has 0 aromatic rings. The Morgan fingerprint density at radius 2 is 1.38 bits per heavy atom. The molecule has 4 heteroatoms. The summed E-state index contributed by atoms with van der Waals surface area (Å²) in [6, 6.07) is 0. The van der Waals surface area contributed by atoms with Crippen molar-refractivity contribution in [1.82, 2.24) is 0 Å². The van der Waals surface area contributed by atoms with Crippen LogP contribution in [0.3, 0.4) is 0 Å². The van der Waals surface area contributed by atoms with Gasteiger partial charge in [0.2, 0.25) is 0 Å². The molecule has 1 nitrogen and oxygen atoms in total. The van der Waals surface area contributed by atoms with Crippen LogP contribution in [0.15, 0.2) is 0 Å². The van der Waals surface area contributed by atoms with Crippen LogP contribution in [-0.2, 0) is 4.52 Å². The van der Waals surface area contributed by atoms with Gasteiger partial charge in [-0.3, -0.25) is 0 Å². The Hall–Kier alpha value is 0.824. The molecule has 0 N–H and O–H groups in total. The molecule has 1 spiro atoms. The summed E-state index contributed by atoms with van der Waals surface area (Å²) in [5.41, 5.74) is 0. The van der Waals surface area contributed by atoms with E-state index in [1.54, 1.807) is 0 Å². The van der Waals surface area contributed by atoms with Gasteiger partial charge in [0.05, 0.1) is 24.3 Å². The highest BCUT2D eigenvalue weighted by molar-refractivity contribution is 7.67. The molecule has 1 saturated carbocycles. The Labute approximate surface area is 104 Å². The molecule has 2 fully saturated rings. The topological polar surface area (TPSA) is 12.5 Å². The van der Waals surface area contributed by atoms with E-state index in [0.29, 0.717) is 5.34 Å². The molecule has 1 unspecified atom stereocenters. The summed E-state index contributed by atoms with van der Waals surface area (Å²) in [6.45, 7) is 15.3. The normalized spacial score (nSPS) is 29.1. The largest absolute Gasteiger partial charge is 0.343 e. The minimum absolute atomic E-state index is 0.0520. The Bertz CT molecular complexity index is 260. The van der Waals surface area contributed by atoms with Crippen molar-refractivity contribution >= 4 is 24.3 Å². The Morgan fingerprint density at radius 1 is 0.938 bits per heavy atom. The van der Waals surface area contributed by atoms with Crippen molar-refractivity contribution in [3.8, 4) is 0 Å². The van der Waals surface area contributed by atoms with Gasteiger partial charge in [-0.05, 0) is 30.6 Å². The molecular formula is C12H27OPSi2. The first-order valence-corrected chi connectivity index (χ1v) is 15.1. The van der Waals surface area contributed by atoms with Gasteiger partial charge in [-0.2, -0.15) is 0 Å². The second-order valence-electron chi connectivity index (χ2n) is 7.70. The van der Waals surface area contributed by atoms with Crippen LogP contribution >= 0.6 is 8.15 Å². The van der Waals surface area contributed by atoms with Crippen LogP contribution in [0, 0.1) is 0 Å². The number of rotatable bonds is 3. The standard InChI is InChI=1S/C12H27OPSi2/c1-15(2,3)11(16(4,5)6)14-12(13-14)9-7-8-10-12/h11H,7-10H2,1-6H3. The van der Waals surface area contributed by atoms with Gasteiger partial charge in [0, 0.05) is 0 Å². The molecule has 1 saturated heterocycles. The Morgan fingerprint density at radius 3 is 1.75 bits per heavy atom. The minimum Gasteiger partial charge on any atom is -0.343 e. The summed E-state index contributed by atoms with van der Waals surface area (Å²) >= 11 is 0. The van der Waals surface area contributed by atoms with E-state index in [4.69, 9.17) is 4.52 Å². The SMILES string of the molecule is C[Si](C)(C)C(P1OC12CCCC2)[Si](C)(C)C. The third kappa shape index (κ3) is 2.34. The van der Waals surface area contributed by atoms with Crippen molar-refractivity contribution in [2.24, 2.45) is 0 Å². The molecule has 2 rings (SSSR count). The van der Waals surface area contributed by atoms with Crippen molar-refractivity contribution in [3.05, 3.63) is 0 Å². The highest BCUT2D eigenvalue weighted by Gasteiger charge is 2.65. The smallest absolute Gasteiger partial charge is 0.116 e. The zero-order chi connectivity index (χ0) is 12.2. The van der Waals surface area contributed by atoms with Gasteiger partial charge in [-0.25, -0.2) is 0 Å². The molecule has 1 atom stereocenters. The predicted molar refractivity (Wildman–Crippen MR) is 79.7 cm³/mol. The zero-order valence-electron chi connectivity index (χ0n) is 11.8. The second-order valence-corrected chi connectivity index (χ2v) is 22.0. The monoisotopic (exact) mass is 274 g/mol. The maximum atomic E-state index is 6.31. The van der Waals surface area contributed by atoms with E-state index in [0.717, 1.165) is 4.91 Å². The Balaban J connectivity index is 2.17. The third-order valence-corrected chi connectivity index (χ3v) is 20.6. The number of hydrogen-bond acceptors (Lipinski definition) is 1. The summed E-state index contributed by atoms with van der Waals surface area (Å²) in [4.78, 5) is 1.01. The van der Waals surface area contributed by atoms with Crippen molar-refractivity contribution in [1.29, 1.82) is 0 Å². The van der Waals surface area contributed by atoms with Crippen molar-refractivity contribution in [2.45, 2.75) is 75.2 Å². The first-order chi connectivity index (χ1) is 7.17. The van der Waals surface area contributed by atoms with Crippen LogP contribution in [0.4, 0.5) is 0 Å². The first kappa shape index (κ1) is 13.3.